The Morgan fingerprint density at radius 1 is 1.19 bits per heavy atom. The average molecular weight is 378 g/mol. The van der Waals surface area contributed by atoms with Gasteiger partial charge in [0.1, 0.15) is 11.6 Å². The standard InChI is InChI=1S/C18H19FN2O4S/c1-12-10-13(19)5-8-17(12)26(23,24)20-14-6-7-15(16(11-14)25-2)21-9-3-4-18(21)22/h5-8,10-11,20H,3-4,9H2,1-2H3. The minimum Gasteiger partial charge on any atom is -0.494 e. The maximum absolute atomic E-state index is 13.2. The molecule has 0 aromatic heterocycles. The van der Waals surface area contributed by atoms with Crippen molar-refractivity contribution in [3.05, 3.63) is 47.8 Å². The van der Waals surface area contributed by atoms with Crippen LogP contribution in [0.4, 0.5) is 15.8 Å². The van der Waals surface area contributed by atoms with Gasteiger partial charge in [0.2, 0.25) is 5.91 Å². The third-order valence-corrected chi connectivity index (χ3v) is 5.76. The van der Waals surface area contributed by atoms with E-state index in [1.165, 1.54) is 26.2 Å². The second kappa shape index (κ2) is 6.95. The first-order valence-electron chi connectivity index (χ1n) is 8.09. The Labute approximate surface area is 151 Å². The number of rotatable bonds is 5. The number of benzene rings is 2. The lowest BCUT2D eigenvalue weighted by Gasteiger charge is -2.20. The van der Waals surface area contributed by atoms with Crippen molar-refractivity contribution in [1.82, 2.24) is 0 Å². The number of ether oxygens (including phenoxy) is 1. The Bertz CT molecular complexity index is 960. The van der Waals surface area contributed by atoms with E-state index in [-0.39, 0.29) is 10.8 Å². The SMILES string of the molecule is COc1cc(NS(=O)(=O)c2ccc(F)cc2C)ccc1N1CCCC1=O. The molecule has 1 heterocycles. The number of aryl methyl sites for hydroxylation is 1. The van der Waals surface area contributed by atoms with Gasteiger partial charge >= 0.3 is 0 Å². The van der Waals surface area contributed by atoms with Crippen molar-refractivity contribution in [3.8, 4) is 5.75 Å². The molecule has 0 aliphatic carbocycles. The first-order chi connectivity index (χ1) is 12.3. The summed E-state index contributed by atoms with van der Waals surface area (Å²) in [4.78, 5) is 13.6. The largest absolute Gasteiger partial charge is 0.494 e. The number of carbonyl (C=O) groups is 1. The van der Waals surface area contributed by atoms with Gasteiger partial charge in [-0.25, -0.2) is 12.8 Å². The molecule has 1 saturated heterocycles. The molecule has 1 amide bonds. The number of amides is 1. The lowest BCUT2D eigenvalue weighted by Crippen LogP contribution is -2.24. The van der Waals surface area contributed by atoms with Crippen molar-refractivity contribution in [1.29, 1.82) is 0 Å². The molecule has 0 radical (unpaired) electrons. The van der Waals surface area contributed by atoms with Crippen LogP contribution in [-0.4, -0.2) is 28.0 Å². The second-order valence-corrected chi connectivity index (χ2v) is 7.70. The lowest BCUT2D eigenvalue weighted by molar-refractivity contribution is -0.117. The summed E-state index contributed by atoms with van der Waals surface area (Å²) in [6.07, 6.45) is 1.27. The maximum Gasteiger partial charge on any atom is 0.262 e. The van der Waals surface area contributed by atoms with Crippen LogP contribution in [0.3, 0.4) is 0 Å². The molecule has 26 heavy (non-hydrogen) atoms. The van der Waals surface area contributed by atoms with Crippen molar-refractivity contribution in [3.63, 3.8) is 0 Å². The van der Waals surface area contributed by atoms with Crippen LogP contribution in [0, 0.1) is 12.7 Å². The van der Waals surface area contributed by atoms with Gasteiger partial charge in [0.25, 0.3) is 10.0 Å². The molecular weight excluding hydrogens is 359 g/mol. The summed E-state index contributed by atoms with van der Waals surface area (Å²) >= 11 is 0. The topological polar surface area (TPSA) is 75.7 Å². The number of hydrogen-bond donors (Lipinski definition) is 1. The zero-order chi connectivity index (χ0) is 18.9. The monoisotopic (exact) mass is 378 g/mol. The zero-order valence-electron chi connectivity index (χ0n) is 14.5. The lowest BCUT2D eigenvalue weighted by atomic mass is 10.2. The fourth-order valence-electron chi connectivity index (χ4n) is 2.99. The molecular formula is C18H19FN2O4S. The van der Waals surface area contributed by atoms with Crippen LogP contribution in [0.2, 0.25) is 0 Å². The summed E-state index contributed by atoms with van der Waals surface area (Å²) in [5.41, 5.74) is 1.21. The van der Waals surface area contributed by atoms with Crippen LogP contribution in [0.25, 0.3) is 0 Å². The van der Waals surface area contributed by atoms with Crippen molar-refractivity contribution in [2.45, 2.75) is 24.7 Å². The minimum absolute atomic E-state index is 0.00309. The van der Waals surface area contributed by atoms with E-state index in [0.717, 1.165) is 18.6 Å². The molecule has 0 bridgehead atoms. The smallest absolute Gasteiger partial charge is 0.262 e. The fourth-order valence-corrected chi connectivity index (χ4v) is 4.27. The molecule has 0 unspecified atom stereocenters. The van der Waals surface area contributed by atoms with Gasteiger partial charge in [0.15, 0.2) is 0 Å². The summed E-state index contributed by atoms with van der Waals surface area (Å²) in [7, 11) is -2.42. The Morgan fingerprint density at radius 3 is 2.58 bits per heavy atom. The maximum atomic E-state index is 13.2. The molecule has 1 aliphatic heterocycles. The van der Waals surface area contributed by atoms with Crippen molar-refractivity contribution in [2.24, 2.45) is 0 Å². The van der Waals surface area contributed by atoms with Crippen molar-refractivity contribution >= 4 is 27.3 Å². The van der Waals surface area contributed by atoms with Crippen molar-refractivity contribution in [2.75, 3.05) is 23.3 Å². The normalized spacial score (nSPS) is 14.6. The fraction of sp³-hybridized carbons (Fsp3) is 0.278. The van der Waals surface area contributed by atoms with Gasteiger partial charge in [-0.05, 0) is 49.2 Å². The average Bonchev–Trinajstić information content (AvgIpc) is 2.99. The van der Waals surface area contributed by atoms with E-state index >= 15 is 0 Å². The minimum atomic E-state index is -3.88. The Hall–Kier alpha value is -2.61. The van der Waals surface area contributed by atoms with Gasteiger partial charge in [-0.2, -0.15) is 0 Å². The van der Waals surface area contributed by atoms with Crippen molar-refractivity contribution < 1.29 is 22.3 Å². The molecule has 2 aromatic carbocycles. The quantitative estimate of drug-likeness (QED) is 0.868. The van der Waals surface area contributed by atoms with E-state index in [9.17, 15) is 17.6 Å². The predicted octanol–water partition coefficient (Wildman–Crippen LogP) is 3.07. The van der Waals surface area contributed by atoms with Crippen LogP contribution >= 0.6 is 0 Å². The van der Waals surface area contributed by atoms with Gasteiger partial charge in [-0.3, -0.25) is 9.52 Å². The second-order valence-electron chi connectivity index (χ2n) is 6.05. The third-order valence-electron chi connectivity index (χ3n) is 4.22. The van der Waals surface area contributed by atoms with E-state index in [2.05, 4.69) is 4.72 Å². The Morgan fingerprint density at radius 2 is 1.96 bits per heavy atom. The summed E-state index contributed by atoms with van der Waals surface area (Å²) < 4.78 is 46.2. The number of methoxy groups -OCH3 is 1. The number of nitrogens with zero attached hydrogens (tertiary/aromatic N) is 1. The van der Waals surface area contributed by atoms with E-state index in [4.69, 9.17) is 4.74 Å². The number of anilines is 2. The number of nitrogens with one attached hydrogen (secondary N) is 1. The highest BCUT2D eigenvalue weighted by Gasteiger charge is 2.25. The van der Waals surface area contributed by atoms with Crippen LogP contribution in [0.1, 0.15) is 18.4 Å². The molecule has 1 N–H and O–H groups in total. The molecule has 1 aliphatic rings. The highest BCUT2D eigenvalue weighted by atomic mass is 32.2. The van der Waals surface area contributed by atoms with Gasteiger partial charge in [0, 0.05) is 19.0 Å². The van der Waals surface area contributed by atoms with Crippen LogP contribution in [0.15, 0.2) is 41.3 Å². The number of carbonyl (C=O) groups excluding carboxylic acids is 1. The van der Waals surface area contributed by atoms with Gasteiger partial charge in [-0.1, -0.05) is 0 Å². The third kappa shape index (κ3) is 3.50. The van der Waals surface area contributed by atoms with E-state index in [1.54, 1.807) is 17.0 Å². The molecule has 2 aromatic rings. The van der Waals surface area contributed by atoms with Crippen LogP contribution < -0.4 is 14.4 Å². The first kappa shape index (κ1) is 18.2. The van der Waals surface area contributed by atoms with E-state index in [1.807, 2.05) is 0 Å². The number of sulfonamides is 1. The van der Waals surface area contributed by atoms with E-state index in [0.29, 0.717) is 35.7 Å². The molecule has 0 atom stereocenters. The molecule has 8 heteroatoms. The summed E-state index contributed by atoms with van der Waals surface area (Å²) in [5, 5.41) is 0. The predicted molar refractivity (Wildman–Crippen MR) is 96.5 cm³/mol. The highest BCUT2D eigenvalue weighted by Crippen LogP contribution is 2.34. The molecule has 3 rings (SSSR count). The molecule has 138 valence electrons. The summed E-state index contributed by atoms with van der Waals surface area (Å²) in [5.74, 6) is -0.0856. The van der Waals surface area contributed by atoms with Crippen LogP contribution in [-0.2, 0) is 14.8 Å². The van der Waals surface area contributed by atoms with Gasteiger partial charge in [-0.15, -0.1) is 0 Å². The Kier molecular flexibility index (Phi) is 4.86. The highest BCUT2D eigenvalue weighted by molar-refractivity contribution is 7.92. The zero-order valence-corrected chi connectivity index (χ0v) is 15.3. The van der Waals surface area contributed by atoms with E-state index < -0.39 is 15.8 Å². The Balaban J connectivity index is 1.91. The van der Waals surface area contributed by atoms with Gasteiger partial charge < -0.3 is 9.64 Å². The summed E-state index contributed by atoms with van der Waals surface area (Å²) in [6, 6.07) is 8.23. The molecule has 0 saturated carbocycles. The number of halogens is 1. The van der Waals surface area contributed by atoms with Crippen LogP contribution in [0.5, 0.6) is 5.75 Å². The first-order valence-corrected chi connectivity index (χ1v) is 9.57. The van der Waals surface area contributed by atoms with Gasteiger partial charge in [0.05, 0.1) is 23.4 Å². The molecule has 0 spiro atoms. The molecule has 1 fully saturated rings. The number of hydrogen-bond acceptors (Lipinski definition) is 4. The molecule has 6 nitrogen and oxygen atoms in total. The summed E-state index contributed by atoms with van der Waals surface area (Å²) in [6.45, 7) is 2.13.